The van der Waals surface area contributed by atoms with E-state index in [0.717, 1.165) is 41.6 Å². The molecule has 0 N–H and O–H groups in total. The van der Waals surface area contributed by atoms with E-state index in [0.29, 0.717) is 25.3 Å². The molecule has 0 atom stereocenters. The third kappa shape index (κ3) is 3.80. The fraction of sp³-hybridized carbons (Fsp3) is 0.421. The predicted molar refractivity (Wildman–Crippen MR) is 110 cm³/mol. The Morgan fingerprint density at radius 1 is 1.14 bits per heavy atom. The Morgan fingerprint density at radius 2 is 1.90 bits per heavy atom. The van der Waals surface area contributed by atoms with Crippen LogP contribution < -0.4 is 9.64 Å². The molecular formula is C19H23N7O2S. The number of piperazine rings is 1. The summed E-state index contributed by atoms with van der Waals surface area (Å²) in [5.41, 5.74) is 3.93. The van der Waals surface area contributed by atoms with Crippen molar-refractivity contribution >= 4 is 23.3 Å². The minimum atomic E-state index is -0.0819. The minimum Gasteiger partial charge on any atom is -0.495 e. The molecule has 1 fully saturated rings. The number of nitrogens with zero attached hydrogens (tertiary/aromatic N) is 7. The van der Waals surface area contributed by atoms with Crippen LogP contribution >= 0.6 is 11.7 Å². The number of anilines is 1. The Hall–Kier alpha value is -3.01. The Bertz CT molecular complexity index is 1010. The molecule has 1 aromatic carbocycles. The smallest absolute Gasteiger partial charge is 0.276 e. The number of aryl methyl sites for hydroxylation is 1. The highest BCUT2D eigenvalue weighted by molar-refractivity contribution is 6.99. The summed E-state index contributed by atoms with van der Waals surface area (Å²) in [6.45, 7) is 6.98. The number of hydrogen-bond acceptors (Lipinski definition) is 8. The summed E-state index contributed by atoms with van der Waals surface area (Å²) in [4.78, 5) is 17.1. The lowest BCUT2D eigenvalue weighted by atomic mass is 10.2. The van der Waals surface area contributed by atoms with Gasteiger partial charge in [0.05, 0.1) is 48.2 Å². The van der Waals surface area contributed by atoms with E-state index in [2.05, 4.69) is 24.0 Å². The van der Waals surface area contributed by atoms with Crippen molar-refractivity contribution in [3.8, 4) is 5.75 Å². The average molecular weight is 414 g/mol. The number of benzene rings is 1. The number of carbonyl (C=O) groups is 1. The monoisotopic (exact) mass is 413 g/mol. The van der Waals surface area contributed by atoms with Gasteiger partial charge in [0.15, 0.2) is 5.69 Å². The van der Waals surface area contributed by atoms with E-state index in [9.17, 15) is 4.79 Å². The van der Waals surface area contributed by atoms with Crippen LogP contribution in [0.4, 0.5) is 5.69 Å². The topological polar surface area (TPSA) is 89.3 Å². The van der Waals surface area contributed by atoms with Crippen LogP contribution in [-0.2, 0) is 6.54 Å². The average Bonchev–Trinajstić information content (AvgIpc) is 3.33. The second kappa shape index (κ2) is 8.16. The van der Waals surface area contributed by atoms with Gasteiger partial charge in [-0.15, -0.1) is 5.10 Å². The second-order valence-corrected chi connectivity index (χ2v) is 7.46. The minimum absolute atomic E-state index is 0.0819. The zero-order chi connectivity index (χ0) is 20.4. The van der Waals surface area contributed by atoms with Crippen molar-refractivity contribution in [1.82, 2.24) is 28.6 Å². The van der Waals surface area contributed by atoms with Gasteiger partial charge in [-0.3, -0.25) is 4.79 Å². The van der Waals surface area contributed by atoms with Crippen LogP contribution in [0, 0.1) is 13.8 Å². The van der Waals surface area contributed by atoms with Gasteiger partial charge in [0.2, 0.25) is 0 Å². The molecule has 1 amide bonds. The number of rotatable bonds is 5. The van der Waals surface area contributed by atoms with Crippen molar-refractivity contribution in [2.24, 2.45) is 0 Å². The van der Waals surface area contributed by atoms with Gasteiger partial charge in [-0.05, 0) is 26.0 Å². The van der Waals surface area contributed by atoms with Gasteiger partial charge in [0, 0.05) is 26.2 Å². The lowest BCUT2D eigenvalue weighted by Crippen LogP contribution is -2.49. The largest absolute Gasteiger partial charge is 0.495 e. The number of para-hydroxylation sites is 2. The lowest BCUT2D eigenvalue weighted by molar-refractivity contribution is 0.0740. The zero-order valence-electron chi connectivity index (χ0n) is 16.7. The molecule has 3 heterocycles. The molecule has 0 radical (unpaired) electrons. The number of amides is 1. The van der Waals surface area contributed by atoms with Crippen molar-refractivity contribution in [3.63, 3.8) is 0 Å². The van der Waals surface area contributed by atoms with Crippen molar-refractivity contribution in [2.75, 3.05) is 38.2 Å². The summed E-state index contributed by atoms with van der Waals surface area (Å²) in [6, 6.07) is 7.95. The van der Waals surface area contributed by atoms with Crippen LogP contribution in [0.3, 0.4) is 0 Å². The van der Waals surface area contributed by atoms with Crippen molar-refractivity contribution in [1.29, 1.82) is 0 Å². The van der Waals surface area contributed by atoms with Crippen molar-refractivity contribution in [2.45, 2.75) is 20.4 Å². The Kier molecular flexibility index (Phi) is 5.43. The molecule has 2 aromatic heterocycles. The Balaban J connectivity index is 1.43. The van der Waals surface area contributed by atoms with Crippen molar-refractivity contribution < 1.29 is 9.53 Å². The summed E-state index contributed by atoms with van der Waals surface area (Å²) in [6.07, 6.45) is 0. The molecule has 0 saturated carbocycles. The SMILES string of the molecule is COc1ccccc1N1CCN(C(=O)c2nnn(Cc3nsnc3C)c2C)CC1. The van der Waals surface area contributed by atoms with Gasteiger partial charge >= 0.3 is 0 Å². The summed E-state index contributed by atoms with van der Waals surface area (Å²) in [5.74, 6) is 0.763. The van der Waals surface area contributed by atoms with Gasteiger partial charge in [0.25, 0.3) is 5.91 Å². The molecule has 0 aliphatic carbocycles. The molecule has 29 heavy (non-hydrogen) atoms. The highest BCUT2D eigenvalue weighted by atomic mass is 32.1. The number of hydrogen-bond donors (Lipinski definition) is 0. The van der Waals surface area contributed by atoms with E-state index in [-0.39, 0.29) is 5.91 Å². The van der Waals surface area contributed by atoms with Crippen LogP contribution in [0.15, 0.2) is 24.3 Å². The molecule has 1 aliphatic rings. The third-order valence-electron chi connectivity index (χ3n) is 5.22. The maximum atomic E-state index is 13.0. The quantitative estimate of drug-likeness (QED) is 0.630. The fourth-order valence-electron chi connectivity index (χ4n) is 3.43. The van der Waals surface area contributed by atoms with Gasteiger partial charge in [0.1, 0.15) is 5.75 Å². The normalized spacial score (nSPS) is 14.3. The highest BCUT2D eigenvalue weighted by Crippen LogP contribution is 2.28. The molecular weight excluding hydrogens is 390 g/mol. The second-order valence-electron chi connectivity index (χ2n) is 6.93. The Morgan fingerprint density at radius 3 is 2.59 bits per heavy atom. The van der Waals surface area contributed by atoms with Crippen LogP contribution in [-0.4, -0.2) is 67.8 Å². The lowest BCUT2D eigenvalue weighted by Gasteiger charge is -2.36. The summed E-state index contributed by atoms with van der Waals surface area (Å²) >= 11 is 1.18. The first-order valence-electron chi connectivity index (χ1n) is 9.44. The van der Waals surface area contributed by atoms with E-state index in [1.54, 1.807) is 11.8 Å². The number of methoxy groups -OCH3 is 1. The summed E-state index contributed by atoms with van der Waals surface area (Å²) in [7, 11) is 1.67. The van der Waals surface area contributed by atoms with Crippen molar-refractivity contribution in [3.05, 3.63) is 47.0 Å². The first-order chi connectivity index (χ1) is 14.1. The van der Waals surface area contributed by atoms with Crippen LogP contribution in [0.1, 0.15) is 27.6 Å². The molecule has 10 heteroatoms. The zero-order valence-corrected chi connectivity index (χ0v) is 17.5. The van der Waals surface area contributed by atoms with Gasteiger partial charge < -0.3 is 14.5 Å². The molecule has 1 aliphatic heterocycles. The molecule has 0 bridgehead atoms. The maximum Gasteiger partial charge on any atom is 0.276 e. The fourth-order valence-corrected chi connectivity index (χ4v) is 3.99. The number of carbonyl (C=O) groups excluding carboxylic acids is 1. The van der Waals surface area contributed by atoms with E-state index in [1.165, 1.54) is 11.7 Å². The molecule has 3 aromatic rings. The number of ether oxygens (including phenoxy) is 1. The van der Waals surface area contributed by atoms with Crippen LogP contribution in [0.25, 0.3) is 0 Å². The third-order valence-corrected chi connectivity index (χ3v) is 5.88. The summed E-state index contributed by atoms with van der Waals surface area (Å²) in [5, 5.41) is 8.31. The molecule has 4 rings (SSSR count). The molecule has 1 saturated heterocycles. The molecule has 0 unspecified atom stereocenters. The molecule has 0 spiro atoms. The highest BCUT2D eigenvalue weighted by Gasteiger charge is 2.27. The molecule has 152 valence electrons. The first kappa shape index (κ1) is 19.3. The standard InChI is InChI=1S/C19H23N7O2S/c1-13-15(22-29-21-13)12-26-14(2)18(20-23-26)19(27)25-10-8-24(9-11-25)16-6-4-5-7-17(16)28-3/h4-7H,8-12H2,1-3H3. The number of aromatic nitrogens is 5. The maximum absolute atomic E-state index is 13.0. The van der Waals surface area contributed by atoms with Gasteiger partial charge in [-0.2, -0.15) is 8.75 Å². The van der Waals surface area contributed by atoms with E-state index in [1.807, 2.05) is 43.0 Å². The van der Waals surface area contributed by atoms with Gasteiger partial charge in [-0.1, -0.05) is 17.3 Å². The Labute approximate surface area is 173 Å². The predicted octanol–water partition coefficient (Wildman–Crippen LogP) is 1.77. The van der Waals surface area contributed by atoms with Gasteiger partial charge in [-0.25, -0.2) is 4.68 Å². The van der Waals surface area contributed by atoms with Crippen LogP contribution in [0.5, 0.6) is 5.75 Å². The van der Waals surface area contributed by atoms with E-state index < -0.39 is 0 Å². The molecule has 9 nitrogen and oxygen atoms in total. The first-order valence-corrected chi connectivity index (χ1v) is 10.2. The van der Waals surface area contributed by atoms with E-state index in [4.69, 9.17) is 4.74 Å². The summed E-state index contributed by atoms with van der Waals surface area (Å²) < 4.78 is 15.6. The van der Waals surface area contributed by atoms with Crippen LogP contribution in [0.2, 0.25) is 0 Å². The van der Waals surface area contributed by atoms with E-state index >= 15 is 0 Å².